The van der Waals surface area contributed by atoms with Crippen LogP contribution in [0.5, 0.6) is 5.75 Å². The molecular weight excluding hydrogens is 210 g/mol. The average molecular weight is 233 g/mol. The van der Waals surface area contributed by atoms with E-state index in [4.69, 9.17) is 0 Å². The maximum Gasteiger partial charge on any atom is 0.115 e. The fourth-order valence-electron chi connectivity index (χ4n) is 2.78. The normalized spacial score (nSPS) is 19.4. The number of aromatic hydroxyl groups is 1. The molecule has 2 heteroatoms. The Kier molecular flexibility index (Phi) is 4.06. The van der Waals surface area contributed by atoms with Gasteiger partial charge in [0.2, 0.25) is 0 Å². The molecule has 1 unspecified atom stereocenters. The van der Waals surface area contributed by atoms with Gasteiger partial charge in [0.1, 0.15) is 5.75 Å². The van der Waals surface area contributed by atoms with Gasteiger partial charge in [-0.3, -0.25) is 4.90 Å². The van der Waals surface area contributed by atoms with Gasteiger partial charge < -0.3 is 5.11 Å². The number of aryl methyl sites for hydroxylation is 1. The smallest absolute Gasteiger partial charge is 0.115 e. The Labute approximate surface area is 104 Å². The third-order valence-corrected chi connectivity index (χ3v) is 3.81. The highest BCUT2D eigenvalue weighted by atomic mass is 16.3. The molecule has 17 heavy (non-hydrogen) atoms. The molecule has 2 rings (SSSR count). The zero-order valence-electron chi connectivity index (χ0n) is 10.9. The van der Waals surface area contributed by atoms with Gasteiger partial charge in [0.25, 0.3) is 0 Å². The topological polar surface area (TPSA) is 23.5 Å². The van der Waals surface area contributed by atoms with E-state index in [2.05, 4.69) is 24.9 Å². The predicted octanol–water partition coefficient (Wildman–Crippen LogP) is 3.50. The van der Waals surface area contributed by atoms with Gasteiger partial charge in [-0.15, -0.1) is 0 Å². The van der Waals surface area contributed by atoms with Crippen molar-refractivity contribution in [3.8, 4) is 5.75 Å². The number of unbranched alkanes of at least 4 members (excludes halogenated alkanes) is 1. The Morgan fingerprint density at radius 2 is 2.24 bits per heavy atom. The van der Waals surface area contributed by atoms with Crippen LogP contribution in [0.3, 0.4) is 0 Å². The summed E-state index contributed by atoms with van der Waals surface area (Å²) in [4.78, 5) is 2.45. The van der Waals surface area contributed by atoms with Crippen LogP contribution in [0.2, 0.25) is 0 Å². The summed E-state index contributed by atoms with van der Waals surface area (Å²) in [5, 5.41) is 9.65. The molecule has 0 fully saturated rings. The molecule has 0 radical (unpaired) electrons. The number of rotatable bonds is 4. The highest BCUT2D eigenvalue weighted by molar-refractivity contribution is 5.38. The minimum absolute atomic E-state index is 0.402. The van der Waals surface area contributed by atoms with Crippen LogP contribution in [0, 0.1) is 0 Å². The lowest BCUT2D eigenvalue weighted by molar-refractivity contribution is 0.218. The van der Waals surface area contributed by atoms with E-state index in [1.54, 1.807) is 0 Å². The van der Waals surface area contributed by atoms with Crippen LogP contribution in [-0.2, 0) is 6.42 Å². The van der Waals surface area contributed by atoms with E-state index in [9.17, 15) is 5.11 Å². The van der Waals surface area contributed by atoms with Crippen molar-refractivity contribution in [2.75, 3.05) is 13.6 Å². The molecule has 0 saturated carbocycles. The van der Waals surface area contributed by atoms with Crippen molar-refractivity contribution >= 4 is 0 Å². The molecule has 1 aromatic carbocycles. The van der Waals surface area contributed by atoms with E-state index in [-0.39, 0.29) is 0 Å². The maximum absolute atomic E-state index is 9.65. The van der Waals surface area contributed by atoms with Gasteiger partial charge >= 0.3 is 0 Å². The quantitative estimate of drug-likeness (QED) is 0.860. The number of hydrogen-bond donors (Lipinski definition) is 1. The van der Waals surface area contributed by atoms with Gasteiger partial charge in [0.15, 0.2) is 0 Å². The molecule has 1 aliphatic carbocycles. The Balaban J connectivity index is 2.18. The van der Waals surface area contributed by atoms with Gasteiger partial charge in [0, 0.05) is 6.04 Å². The molecule has 2 nitrogen and oxygen atoms in total. The molecule has 1 aliphatic rings. The lowest BCUT2D eigenvalue weighted by Gasteiger charge is -2.33. The molecule has 0 heterocycles. The van der Waals surface area contributed by atoms with Crippen molar-refractivity contribution in [2.45, 2.75) is 45.1 Å². The number of benzene rings is 1. The molecule has 0 saturated heterocycles. The van der Waals surface area contributed by atoms with Gasteiger partial charge in [-0.25, -0.2) is 0 Å². The fraction of sp³-hybridized carbons (Fsp3) is 0.600. The number of hydrogen-bond acceptors (Lipinski definition) is 2. The second kappa shape index (κ2) is 5.54. The van der Waals surface area contributed by atoms with Crippen LogP contribution >= 0.6 is 0 Å². The van der Waals surface area contributed by atoms with Crippen LogP contribution in [0.4, 0.5) is 0 Å². The Morgan fingerprint density at radius 3 is 3.00 bits per heavy atom. The predicted molar refractivity (Wildman–Crippen MR) is 71.3 cm³/mol. The average Bonchev–Trinajstić information content (AvgIpc) is 2.35. The first-order chi connectivity index (χ1) is 8.22. The summed E-state index contributed by atoms with van der Waals surface area (Å²) >= 11 is 0. The lowest BCUT2D eigenvalue weighted by Crippen LogP contribution is -2.28. The highest BCUT2D eigenvalue weighted by Crippen LogP contribution is 2.35. The summed E-state index contributed by atoms with van der Waals surface area (Å²) in [6, 6.07) is 6.36. The number of nitrogens with zero attached hydrogens (tertiary/aromatic N) is 1. The van der Waals surface area contributed by atoms with Gasteiger partial charge in [-0.1, -0.05) is 19.4 Å². The zero-order valence-corrected chi connectivity index (χ0v) is 10.9. The molecular formula is C15H23NO. The number of phenolic OH excluding ortho intramolecular Hbond substituents is 1. The monoisotopic (exact) mass is 233 g/mol. The summed E-state index contributed by atoms with van der Waals surface area (Å²) < 4.78 is 0. The van der Waals surface area contributed by atoms with Crippen LogP contribution in [-0.4, -0.2) is 23.6 Å². The highest BCUT2D eigenvalue weighted by Gasteiger charge is 2.23. The lowest BCUT2D eigenvalue weighted by atomic mass is 9.86. The fourth-order valence-corrected chi connectivity index (χ4v) is 2.78. The molecule has 1 aromatic rings. The minimum Gasteiger partial charge on any atom is -0.508 e. The van der Waals surface area contributed by atoms with Crippen molar-refractivity contribution in [2.24, 2.45) is 0 Å². The Hall–Kier alpha value is -1.02. The van der Waals surface area contributed by atoms with E-state index in [1.165, 1.54) is 36.8 Å². The maximum atomic E-state index is 9.65. The molecule has 0 amide bonds. The van der Waals surface area contributed by atoms with Gasteiger partial charge in [0.05, 0.1) is 0 Å². The summed E-state index contributed by atoms with van der Waals surface area (Å²) in [5.41, 5.74) is 2.76. The van der Waals surface area contributed by atoms with Crippen LogP contribution in [0.25, 0.3) is 0 Å². The first kappa shape index (κ1) is 12.4. The van der Waals surface area contributed by atoms with E-state index in [0.29, 0.717) is 11.8 Å². The molecule has 1 atom stereocenters. The standard InChI is InChI=1S/C15H23NO/c1-3-4-10-16(2)15-7-5-6-12-8-9-13(17)11-14(12)15/h8-9,11,15,17H,3-7,10H2,1-2H3. The van der Waals surface area contributed by atoms with Crippen molar-refractivity contribution < 1.29 is 5.11 Å². The van der Waals surface area contributed by atoms with Gasteiger partial charge in [-0.2, -0.15) is 0 Å². The summed E-state index contributed by atoms with van der Waals surface area (Å²) in [5.74, 6) is 0.402. The van der Waals surface area contributed by atoms with E-state index in [1.807, 2.05) is 12.1 Å². The minimum atomic E-state index is 0.402. The Bertz CT molecular complexity index is 375. The van der Waals surface area contributed by atoms with E-state index < -0.39 is 0 Å². The summed E-state index contributed by atoms with van der Waals surface area (Å²) in [6.45, 7) is 3.38. The van der Waals surface area contributed by atoms with Crippen LogP contribution in [0.1, 0.15) is 49.8 Å². The number of fused-ring (bicyclic) bond motifs is 1. The molecule has 1 N–H and O–H groups in total. The zero-order chi connectivity index (χ0) is 12.3. The van der Waals surface area contributed by atoms with Crippen molar-refractivity contribution in [1.82, 2.24) is 4.90 Å². The van der Waals surface area contributed by atoms with Gasteiger partial charge in [-0.05, 0) is 62.5 Å². The third-order valence-electron chi connectivity index (χ3n) is 3.81. The van der Waals surface area contributed by atoms with Crippen LogP contribution < -0.4 is 0 Å². The Morgan fingerprint density at radius 1 is 1.41 bits per heavy atom. The third kappa shape index (κ3) is 2.81. The largest absolute Gasteiger partial charge is 0.508 e. The van der Waals surface area contributed by atoms with E-state index >= 15 is 0 Å². The molecule has 0 aromatic heterocycles. The van der Waals surface area contributed by atoms with E-state index in [0.717, 1.165) is 13.0 Å². The summed E-state index contributed by atoms with van der Waals surface area (Å²) in [7, 11) is 2.21. The van der Waals surface area contributed by atoms with Crippen molar-refractivity contribution in [3.05, 3.63) is 29.3 Å². The van der Waals surface area contributed by atoms with Crippen molar-refractivity contribution in [3.63, 3.8) is 0 Å². The number of phenols is 1. The van der Waals surface area contributed by atoms with Crippen molar-refractivity contribution in [1.29, 1.82) is 0 Å². The molecule has 0 aliphatic heterocycles. The molecule has 0 spiro atoms. The molecule has 0 bridgehead atoms. The molecule has 94 valence electrons. The second-order valence-corrected chi connectivity index (χ2v) is 5.13. The summed E-state index contributed by atoms with van der Waals surface area (Å²) in [6.07, 6.45) is 6.13. The first-order valence-corrected chi connectivity index (χ1v) is 6.74. The van der Waals surface area contributed by atoms with Crippen LogP contribution in [0.15, 0.2) is 18.2 Å². The SMILES string of the molecule is CCCCN(C)C1CCCc2ccc(O)cc21. The second-order valence-electron chi connectivity index (χ2n) is 5.13. The first-order valence-electron chi connectivity index (χ1n) is 6.74.